The third kappa shape index (κ3) is 19.5. The van der Waals surface area contributed by atoms with Crippen LogP contribution in [0.25, 0.3) is 0 Å². The normalized spacial score (nSPS) is 15.8. The summed E-state index contributed by atoms with van der Waals surface area (Å²) in [5.74, 6) is 3.37. The van der Waals surface area contributed by atoms with Crippen LogP contribution in [0.15, 0.2) is 36.4 Å². The molecule has 2 aromatic carbocycles. The van der Waals surface area contributed by atoms with Gasteiger partial charge in [-0.3, -0.25) is 9.59 Å². The van der Waals surface area contributed by atoms with E-state index in [1.807, 2.05) is 18.2 Å². The molecule has 8 rings (SSSR count). The zero-order chi connectivity index (χ0) is 43.0. The molecule has 0 atom stereocenters. The molecule has 0 bridgehead atoms. The molecule has 0 unspecified atom stereocenters. The second-order valence-electron chi connectivity index (χ2n) is 15.2. The second-order valence-corrected chi connectivity index (χ2v) is 31.5. The number of hydrogen-bond acceptors (Lipinski definition) is 10. The van der Waals surface area contributed by atoms with Gasteiger partial charge in [-0.05, 0) is 126 Å². The predicted molar refractivity (Wildman–Crippen MR) is 281 cm³/mol. The first kappa shape index (κ1) is 54.8. The number of halogens is 6. The molecular weight excluding hydrogens is 1460 g/mol. The van der Waals surface area contributed by atoms with Crippen molar-refractivity contribution in [2.45, 2.75) is 154 Å². The largest absolute Gasteiger partial charge is 0.508 e. The van der Waals surface area contributed by atoms with Crippen molar-refractivity contribution >= 4 is 122 Å². The van der Waals surface area contributed by atoms with E-state index in [0.717, 1.165) is 78.4 Å². The first-order valence-electron chi connectivity index (χ1n) is 21.1. The number of aromatic nitrogens is 8. The molecule has 2 fully saturated rings. The minimum absolute atomic E-state index is 0. The average Bonchev–Trinajstić information content (AvgIpc) is 3.96. The molecule has 4 aliphatic rings. The molecule has 61 heavy (non-hydrogen) atoms. The molecule has 2 aliphatic heterocycles. The second kappa shape index (κ2) is 32.2. The van der Waals surface area contributed by atoms with Crippen molar-refractivity contribution in [2.75, 3.05) is 17.2 Å². The number of anilines is 2. The number of tetrazole rings is 2. The number of amides is 2. The topological polar surface area (TPSA) is 175 Å². The van der Waals surface area contributed by atoms with Gasteiger partial charge in [-0.1, -0.05) is 58.3 Å². The quantitative estimate of drug-likeness (QED) is 0.0707. The Morgan fingerprint density at radius 3 is 1.69 bits per heavy atom. The number of fused-ring (bicyclic) bond motifs is 2. The van der Waals surface area contributed by atoms with Gasteiger partial charge < -0.3 is 20.5 Å². The van der Waals surface area contributed by atoms with E-state index in [1.54, 1.807) is 18.2 Å². The maximum absolute atomic E-state index is 11.4. The Labute approximate surface area is 430 Å². The number of nitrogens with one attached hydrogen (secondary N) is 2. The van der Waals surface area contributed by atoms with E-state index >= 15 is 0 Å². The summed E-state index contributed by atoms with van der Waals surface area (Å²) in [5.41, 5.74) is 3.89. The number of hydrogen-bond donors (Lipinski definition) is 3. The van der Waals surface area contributed by atoms with Crippen molar-refractivity contribution < 1.29 is 32.7 Å². The Morgan fingerprint density at radius 2 is 1.18 bits per heavy atom. The van der Waals surface area contributed by atoms with Crippen LogP contribution in [-0.4, -0.2) is 63.9 Å². The first-order chi connectivity index (χ1) is 29.4. The van der Waals surface area contributed by atoms with Gasteiger partial charge in [0.1, 0.15) is 11.5 Å². The number of phenols is 1. The van der Waals surface area contributed by atoms with Crippen LogP contribution in [0, 0.1) is 0 Å². The van der Waals surface area contributed by atoms with Gasteiger partial charge >= 0.3 is 50.5 Å². The summed E-state index contributed by atoms with van der Waals surface area (Å²) >= 11 is 9.54. The van der Waals surface area contributed by atoms with Crippen molar-refractivity contribution in [1.82, 2.24) is 40.4 Å². The van der Waals surface area contributed by atoms with Crippen LogP contribution in [0.5, 0.6) is 11.5 Å². The molecule has 0 spiro atoms. The standard InChI is InChI=1S/C20H27N5O2.C12H22N4.C9H9NO2.I3.I2.HI/c26-20-12-9-15-14-17(10-11-18(15)21-20)27-13-5-4-8-19-22-23-24-25(19)16-6-2-1-3-7-16;1-2-3-5-10-12-13-14-15-16(12)11-8-6-4-7-9-11;11-7-2-3-8-6(5-7)1-4-9(12)10-8;1-3-2;1-2;/h10-11,14,16H,1-9,12-13H2,(H,21,26);11H,2-10H2,1H3;2-3,5,11H,1,4H2,(H,10,12);;;1H/q;;;-1;;. The Kier molecular flexibility index (Phi) is 29.0. The van der Waals surface area contributed by atoms with E-state index in [0.29, 0.717) is 44.8 Å². The molecule has 3 N–H and O–H groups in total. The summed E-state index contributed by atoms with van der Waals surface area (Å²) in [6.07, 6.45) is 23.0. The zero-order valence-corrected chi connectivity index (χ0v) is 47.8. The summed E-state index contributed by atoms with van der Waals surface area (Å²) in [6, 6.07) is 11.9. The van der Waals surface area contributed by atoms with E-state index in [2.05, 4.69) is 132 Å². The van der Waals surface area contributed by atoms with Crippen LogP contribution in [-0.2, 0) is 35.3 Å². The Balaban J connectivity index is 0.000000248. The monoisotopic (exact) mass is 1520 g/mol. The summed E-state index contributed by atoms with van der Waals surface area (Å²) in [7, 11) is 0. The summed E-state index contributed by atoms with van der Waals surface area (Å²) in [4.78, 5) is 22.4. The number of phenolic OH excluding ortho intramolecular Hbond substituents is 1. The molecule has 0 saturated heterocycles. The summed E-state index contributed by atoms with van der Waals surface area (Å²) < 4.78 is 10.0. The van der Waals surface area contributed by atoms with Gasteiger partial charge in [0.25, 0.3) is 0 Å². The molecule has 2 aromatic heterocycles. The zero-order valence-electron chi connectivity index (χ0n) is 34.7. The van der Waals surface area contributed by atoms with Crippen LogP contribution in [0.4, 0.5) is 11.4 Å². The van der Waals surface area contributed by atoms with E-state index in [1.165, 1.54) is 83.5 Å². The van der Waals surface area contributed by atoms with Gasteiger partial charge in [0.05, 0.1) is 18.7 Å². The number of aryl methyl sites for hydroxylation is 4. The molecule has 2 amide bonds. The smallest absolute Gasteiger partial charge is 0.224 e. The number of carbonyl (C=O) groups excluding carboxylic acids is 2. The Hall–Kier alpha value is -0.500. The SMILES string of the molecule is CCCCCc1nnnn1C1CCCCC1.I.II.I[I-]I.O=C1CCc2cc(O)ccc2N1.O=C1CCc2cc(OCCCCc3nnnn3C3CCCCC3)ccc2N1. The van der Waals surface area contributed by atoms with Gasteiger partial charge in [0.2, 0.25) is 11.8 Å². The van der Waals surface area contributed by atoms with Crippen LogP contribution < -0.4 is 28.6 Å². The number of aromatic hydroxyl groups is 1. The van der Waals surface area contributed by atoms with E-state index in [-0.39, 0.29) is 41.5 Å². The fourth-order valence-electron chi connectivity index (χ4n) is 7.90. The molecule has 0 radical (unpaired) electrons. The fourth-order valence-corrected chi connectivity index (χ4v) is 7.90. The summed E-state index contributed by atoms with van der Waals surface area (Å²) in [6.45, 7) is 2.90. The fraction of sp³-hybridized carbons (Fsp3) is 0.610. The van der Waals surface area contributed by atoms with E-state index < -0.39 is 0 Å². The molecule has 2 saturated carbocycles. The van der Waals surface area contributed by atoms with E-state index in [9.17, 15) is 9.59 Å². The third-order valence-electron chi connectivity index (χ3n) is 11.0. The van der Waals surface area contributed by atoms with Gasteiger partial charge in [-0.25, -0.2) is 9.36 Å². The van der Waals surface area contributed by atoms with Crippen molar-refractivity contribution in [3.05, 3.63) is 59.2 Å². The number of ether oxygens (including phenoxy) is 1. The molecule has 4 heterocycles. The predicted octanol–water partition coefficient (Wildman–Crippen LogP) is 8.82. The van der Waals surface area contributed by atoms with Gasteiger partial charge in [0, 0.05) is 74.3 Å². The number of nitrogens with zero attached hydrogens (tertiary/aromatic N) is 8. The molecule has 4 aromatic rings. The minimum Gasteiger partial charge on any atom is -0.508 e. The van der Waals surface area contributed by atoms with E-state index in [4.69, 9.17) is 9.84 Å². The average molecular weight is 1520 g/mol. The summed E-state index contributed by atoms with van der Waals surface area (Å²) in [5, 5.41) is 39.3. The van der Waals surface area contributed by atoms with Crippen molar-refractivity contribution in [2.24, 2.45) is 0 Å². The minimum atomic E-state index is 0. The maximum atomic E-state index is 11.4. The number of rotatable bonds is 12. The van der Waals surface area contributed by atoms with Crippen LogP contribution in [0.3, 0.4) is 0 Å². The Morgan fingerprint density at radius 1 is 0.705 bits per heavy atom. The number of benzene rings is 2. The van der Waals surface area contributed by atoms with Crippen molar-refractivity contribution in [3.8, 4) is 11.5 Å². The van der Waals surface area contributed by atoms with Crippen LogP contribution in [0.2, 0.25) is 0 Å². The van der Waals surface area contributed by atoms with Crippen LogP contribution in [0.1, 0.15) is 151 Å². The molecule has 340 valence electrons. The number of unbranched alkanes of at least 4 members (excludes halogenated alkanes) is 3. The maximum Gasteiger partial charge on any atom is 0.224 e. The van der Waals surface area contributed by atoms with Gasteiger partial charge in [-0.15, -0.1) is 34.2 Å². The van der Waals surface area contributed by atoms with Crippen molar-refractivity contribution in [3.63, 3.8) is 0 Å². The van der Waals surface area contributed by atoms with Crippen LogP contribution >= 0.6 is 98.4 Å². The molecule has 14 nitrogen and oxygen atoms in total. The molecule has 2 aliphatic carbocycles. The molecular formula is C41H59I6N10O4-. The first-order valence-corrected chi connectivity index (χ1v) is 40.0. The van der Waals surface area contributed by atoms with Gasteiger partial charge in [0.15, 0.2) is 11.6 Å². The van der Waals surface area contributed by atoms with Gasteiger partial charge in [-0.2, -0.15) is 0 Å². The number of carbonyl (C=O) groups is 2. The Bertz CT molecular complexity index is 1860. The third-order valence-corrected chi connectivity index (χ3v) is 11.0. The van der Waals surface area contributed by atoms with Crippen molar-refractivity contribution in [1.29, 1.82) is 0 Å². The molecule has 20 heteroatoms.